The van der Waals surface area contributed by atoms with Gasteiger partial charge in [-0.3, -0.25) is 4.79 Å². The molecule has 1 unspecified atom stereocenters. The number of furan rings is 1. The van der Waals surface area contributed by atoms with E-state index in [4.69, 9.17) is 4.42 Å². The monoisotopic (exact) mass is 269 g/mol. The number of hydrogen-bond donors (Lipinski definition) is 1. The van der Waals surface area contributed by atoms with Crippen LogP contribution in [0, 0.1) is 6.92 Å². The highest BCUT2D eigenvalue weighted by molar-refractivity contribution is 5.92. The Morgan fingerprint density at radius 3 is 3.00 bits per heavy atom. The normalized spacial score (nSPS) is 17.6. The third-order valence-electron chi connectivity index (χ3n) is 4.07. The molecule has 1 aromatic carbocycles. The van der Waals surface area contributed by atoms with Crippen molar-refractivity contribution >= 4 is 5.91 Å². The van der Waals surface area contributed by atoms with Gasteiger partial charge in [-0.2, -0.15) is 0 Å². The van der Waals surface area contributed by atoms with Gasteiger partial charge in [0.05, 0.1) is 6.26 Å². The lowest BCUT2D eigenvalue weighted by Gasteiger charge is -2.25. The Balaban J connectivity index is 1.68. The van der Waals surface area contributed by atoms with E-state index in [1.54, 1.807) is 6.26 Å². The van der Waals surface area contributed by atoms with Crippen LogP contribution in [0.2, 0.25) is 0 Å². The molecule has 0 spiro atoms. The molecular formula is C17H19NO2. The lowest BCUT2D eigenvalue weighted by Crippen LogP contribution is -2.30. The largest absolute Gasteiger partial charge is 0.459 e. The Labute approximate surface area is 119 Å². The third kappa shape index (κ3) is 2.48. The van der Waals surface area contributed by atoms with Crippen LogP contribution in [-0.4, -0.2) is 12.5 Å². The van der Waals surface area contributed by atoms with Crippen molar-refractivity contribution in [1.29, 1.82) is 0 Å². The summed E-state index contributed by atoms with van der Waals surface area (Å²) >= 11 is 0. The Kier molecular flexibility index (Phi) is 3.59. The summed E-state index contributed by atoms with van der Waals surface area (Å²) in [6.45, 7) is 2.56. The summed E-state index contributed by atoms with van der Waals surface area (Å²) < 4.78 is 5.22. The number of fused-ring (bicyclic) bond motifs is 1. The fourth-order valence-electron chi connectivity index (χ4n) is 2.97. The van der Waals surface area contributed by atoms with E-state index in [1.165, 1.54) is 17.5 Å². The van der Waals surface area contributed by atoms with Crippen molar-refractivity contribution in [2.75, 3.05) is 6.54 Å². The summed E-state index contributed by atoms with van der Waals surface area (Å²) in [5.74, 6) is 0.726. The molecule has 1 atom stereocenters. The number of benzene rings is 1. The van der Waals surface area contributed by atoms with Gasteiger partial charge < -0.3 is 9.73 Å². The van der Waals surface area contributed by atoms with Crippen molar-refractivity contribution in [3.05, 3.63) is 59.0 Å². The van der Waals surface area contributed by atoms with Gasteiger partial charge in [-0.15, -0.1) is 0 Å². The molecule has 1 heterocycles. The van der Waals surface area contributed by atoms with Gasteiger partial charge in [0, 0.05) is 18.0 Å². The van der Waals surface area contributed by atoms with Gasteiger partial charge in [0.25, 0.3) is 5.91 Å². The number of amides is 1. The number of carbonyl (C=O) groups excluding carboxylic acids is 1. The summed E-state index contributed by atoms with van der Waals surface area (Å²) in [4.78, 5) is 12.1. The van der Waals surface area contributed by atoms with Crippen LogP contribution in [0.5, 0.6) is 0 Å². The predicted molar refractivity (Wildman–Crippen MR) is 77.9 cm³/mol. The van der Waals surface area contributed by atoms with E-state index < -0.39 is 0 Å². The zero-order valence-corrected chi connectivity index (χ0v) is 11.7. The molecule has 0 saturated heterocycles. The van der Waals surface area contributed by atoms with E-state index in [1.807, 2.05) is 13.0 Å². The zero-order chi connectivity index (χ0) is 13.9. The van der Waals surface area contributed by atoms with Gasteiger partial charge in [0.1, 0.15) is 0 Å². The molecule has 104 valence electrons. The lowest BCUT2D eigenvalue weighted by atomic mass is 9.83. The smallest absolute Gasteiger partial charge is 0.287 e. The highest BCUT2D eigenvalue weighted by Crippen LogP contribution is 2.30. The fraction of sp³-hybridized carbons (Fsp3) is 0.353. The highest BCUT2D eigenvalue weighted by atomic mass is 16.3. The maximum Gasteiger partial charge on any atom is 0.287 e. The molecular weight excluding hydrogens is 250 g/mol. The standard InChI is InChI=1S/C17H19NO2/c1-12-9-10-20-16(12)17(19)18-11-14-7-4-6-13-5-2-3-8-15(13)14/h2-3,5,8-10,14H,4,6-7,11H2,1H3,(H,18,19). The molecule has 2 aromatic rings. The molecule has 3 rings (SSSR count). The molecule has 0 radical (unpaired) electrons. The second-order valence-electron chi connectivity index (χ2n) is 5.43. The minimum atomic E-state index is -0.115. The van der Waals surface area contributed by atoms with Gasteiger partial charge in [-0.05, 0) is 43.4 Å². The highest BCUT2D eigenvalue weighted by Gasteiger charge is 2.21. The van der Waals surface area contributed by atoms with Gasteiger partial charge in [0.15, 0.2) is 5.76 Å². The first-order valence-electron chi connectivity index (χ1n) is 7.16. The molecule has 20 heavy (non-hydrogen) atoms. The van der Waals surface area contributed by atoms with Crippen LogP contribution < -0.4 is 5.32 Å². The average molecular weight is 269 g/mol. The molecule has 1 aromatic heterocycles. The molecule has 0 aliphatic heterocycles. The molecule has 3 nitrogen and oxygen atoms in total. The molecule has 3 heteroatoms. The molecule has 1 aliphatic rings. The van der Waals surface area contributed by atoms with Gasteiger partial charge in [-0.1, -0.05) is 24.3 Å². The van der Waals surface area contributed by atoms with Crippen molar-refractivity contribution in [2.45, 2.75) is 32.1 Å². The third-order valence-corrected chi connectivity index (χ3v) is 4.07. The zero-order valence-electron chi connectivity index (χ0n) is 11.7. The van der Waals surface area contributed by atoms with Crippen LogP contribution >= 0.6 is 0 Å². The summed E-state index contributed by atoms with van der Waals surface area (Å²) in [7, 11) is 0. The van der Waals surface area contributed by atoms with Crippen LogP contribution in [0.15, 0.2) is 41.0 Å². The number of hydrogen-bond acceptors (Lipinski definition) is 2. The Hall–Kier alpha value is -2.03. The Bertz CT molecular complexity index is 615. The van der Waals surface area contributed by atoms with Crippen molar-refractivity contribution in [1.82, 2.24) is 5.32 Å². The maximum absolute atomic E-state index is 12.1. The summed E-state index contributed by atoms with van der Waals surface area (Å²) in [6, 6.07) is 10.4. The maximum atomic E-state index is 12.1. The van der Waals surface area contributed by atoms with Crippen molar-refractivity contribution in [2.24, 2.45) is 0 Å². The van der Waals surface area contributed by atoms with Crippen LogP contribution in [0.3, 0.4) is 0 Å². The first-order valence-corrected chi connectivity index (χ1v) is 7.16. The Morgan fingerprint density at radius 2 is 2.20 bits per heavy atom. The van der Waals surface area contributed by atoms with Crippen molar-refractivity contribution < 1.29 is 9.21 Å². The number of nitrogens with one attached hydrogen (secondary N) is 1. The fourth-order valence-corrected chi connectivity index (χ4v) is 2.97. The number of aryl methyl sites for hydroxylation is 2. The minimum Gasteiger partial charge on any atom is -0.459 e. The van der Waals surface area contributed by atoms with Gasteiger partial charge in [-0.25, -0.2) is 0 Å². The average Bonchev–Trinajstić information content (AvgIpc) is 2.91. The van der Waals surface area contributed by atoms with Crippen LogP contribution in [0.1, 0.15) is 46.0 Å². The second-order valence-corrected chi connectivity index (χ2v) is 5.43. The van der Waals surface area contributed by atoms with Crippen LogP contribution in [0.25, 0.3) is 0 Å². The van der Waals surface area contributed by atoms with E-state index in [2.05, 4.69) is 29.6 Å². The van der Waals surface area contributed by atoms with Gasteiger partial charge in [0.2, 0.25) is 0 Å². The topological polar surface area (TPSA) is 42.2 Å². The van der Waals surface area contributed by atoms with E-state index in [0.29, 0.717) is 18.2 Å². The van der Waals surface area contributed by atoms with Crippen LogP contribution in [-0.2, 0) is 6.42 Å². The van der Waals surface area contributed by atoms with E-state index in [-0.39, 0.29) is 5.91 Å². The molecule has 1 N–H and O–H groups in total. The second kappa shape index (κ2) is 5.53. The Morgan fingerprint density at radius 1 is 1.35 bits per heavy atom. The quantitative estimate of drug-likeness (QED) is 0.927. The molecule has 1 amide bonds. The molecule has 0 bridgehead atoms. The van der Waals surface area contributed by atoms with E-state index in [9.17, 15) is 4.79 Å². The van der Waals surface area contributed by atoms with Crippen LogP contribution in [0.4, 0.5) is 0 Å². The van der Waals surface area contributed by atoms with Gasteiger partial charge >= 0.3 is 0 Å². The number of carbonyl (C=O) groups is 1. The first-order chi connectivity index (χ1) is 9.75. The first kappa shape index (κ1) is 13.0. The molecule has 0 saturated carbocycles. The lowest BCUT2D eigenvalue weighted by molar-refractivity contribution is 0.0921. The summed E-state index contributed by atoms with van der Waals surface area (Å²) in [5.41, 5.74) is 3.69. The van der Waals surface area contributed by atoms with Crippen molar-refractivity contribution in [3.8, 4) is 0 Å². The van der Waals surface area contributed by atoms with Crippen molar-refractivity contribution in [3.63, 3.8) is 0 Å². The predicted octanol–water partition coefficient (Wildman–Crippen LogP) is 3.44. The number of rotatable bonds is 3. The molecule has 0 fully saturated rings. The summed E-state index contributed by atoms with van der Waals surface area (Å²) in [6.07, 6.45) is 5.03. The molecule has 1 aliphatic carbocycles. The minimum absolute atomic E-state index is 0.115. The van der Waals surface area contributed by atoms with E-state index >= 15 is 0 Å². The summed E-state index contributed by atoms with van der Waals surface area (Å²) in [5, 5.41) is 3.00. The SMILES string of the molecule is Cc1ccoc1C(=O)NCC1CCCc2ccccc21. The van der Waals surface area contributed by atoms with E-state index in [0.717, 1.165) is 18.4 Å².